The van der Waals surface area contributed by atoms with E-state index in [9.17, 15) is 9.65 Å². The molecule has 0 bridgehead atoms. The molecule has 0 atom stereocenters. The van der Waals surface area contributed by atoms with Crippen molar-refractivity contribution < 1.29 is 13.9 Å². The third-order valence-corrected chi connectivity index (χ3v) is 7.48. The monoisotopic (exact) mass is 511 g/mol. The zero-order valence-electron chi connectivity index (χ0n) is 20.5. The lowest BCUT2D eigenvalue weighted by molar-refractivity contribution is 0.249. The molecule has 0 amide bonds. The minimum absolute atomic E-state index is 0.0574. The first-order chi connectivity index (χ1) is 18.2. The second-order valence-electron chi connectivity index (χ2n) is 8.76. The number of nitriles is 1. The molecule has 0 unspecified atom stereocenters. The molecule has 186 valence electrons. The zero-order valence-corrected chi connectivity index (χ0v) is 21.3. The lowest BCUT2D eigenvalue weighted by Gasteiger charge is -2.26. The van der Waals surface area contributed by atoms with Crippen LogP contribution in [0.25, 0.3) is 0 Å². The number of rotatable bonds is 8. The Morgan fingerprint density at radius 1 is 1.08 bits per heavy atom. The molecule has 5 rings (SSSR count). The van der Waals surface area contributed by atoms with E-state index in [1.165, 1.54) is 16.5 Å². The van der Waals surface area contributed by atoms with Gasteiger partial charge in [0.1, 0.15) is 23.5 Å². The maximum atomic E-state index is 14.1. The van der Waals surface area contributed by atoms with Crippen LogP contribution in [-0.4, -0.2) is 24.8 Å². The van der Waals surface area contributed by atoms with Gasteiger partial charge >= 0.3 is 0 Å². The Bertz CT molecular complexity index is 1460. The lowest BCUT2D eigenvalue weighted by atomic mass is 10.0. The molecule has 1 aromatic heterocycles. The van der Waals surface area contributed by atoms with Gasteiger partial charge in [-0.1, -0.05) is 54.6 Å². The molecule has 0 radical (unpaired) electrons. The van der Waals surface area contributed by atoms with Crippen LogP contribution in [0.4, 0.5) is 9.39 Å². The van der Waals surface area contributed by atoms with Gasteiger partial charge in [0.2, 0.25) is 0 Å². The number of ether oxygens (including phenoxy) is 2. The fourth-order valence-corrected chi connectivity index (χ4v) is 5.65. The predicted molar refractivity (Wildman–Crippen MR) is 144 cm³/mol. The van der Waals surface area contributed by atoms with Crippen molar-refractivity contribution in [2.75, 3.05) is 13.7 Å². The van der Waals surface area contributed by atoms with Crippen molar-refractivity contribution in [3.8, 4) is 17.6 Å². The molecule has 0 spiro atoms. The van der Waals surface area contributed by atoms with Gasteiger partial charge in [-0.25, -0.2) is 9.38 Å². The van der Waals surface area contributed by atoms with Crippen LogP contribution in [0, 0.1) is 17.1 Å². The summed E-state index contributed by atoms with van der Waals surface area (Å²) in [6, 6.07) is 24.8. The highest BCUT2D eigenvalue weighted by molar-refractivity contribution is 7.16. The summed E-state index contributed by atoms with van der Waals surface area (Å²) in [5.41, 5.74) is 4.17. The summed E-state index contributed by atoms with van der Waals surface area (Å²) in [7, 11) is 1.56. The van der Waals surface area contributed by atoms with E-state index in [0.717, 1.165) is 31.6 Å². The third-order valence-electron chi connectivity index (χ3n) is 6.36. The van der Waals surface area contributed by atoms with Gasteiger partial charge in [-0.05, 0) is 35.7 Å². The number of halogens is 1. The quantitative estimate of drug-likeness (QED) is 0.248. The fourth-order valence-electron chi connectivity index (χ4n) is 4.47. The van der Waals surface area contributed by atoms with Crippen molar-refractivity contribution in [3.63, 3.8) is 0 Å². The maximum Gasteiger partial charge on any atom is 0.170 e. The van der Waals surface area contributed by atoms with Gasteiger partial charge in [-0.3, -0.25) is 4.90 Å². The van der Waals surface area contributed by atoms with Crippen LogP contribution in [-0.2, 0) is 26.1 Å². The van der Waals surface area contributed by atoms with Crippen LogP contribution in [0.5, 0.6) is 11.5 Å². The number of thiophene rings is 1. The van der Waals surface area contributed by atoms with E-state index in [2.05, 4.69) is 35.2 Å². The van der Waals surface area contributed by atoms with E-state index >= 15 is 0 Å². The second kappa shape index (κ2) is 11.4. The molecule has 0 fully saturated rings. The van der Waals surface area contributed by atoms with Crippen LogP contribution < -0.4 is 9.47 Å². The largest absolute Gasteiger partial charge is 0.493 e. The maximum absolute atomic E-state index is 14.1. The Morgan fingerprint density at radius 3 is 2.68 bits per heavy atom. The van der Waals surface area contributed by atoms with E-state index in [1.54, 1.807) is 48.9 Å². The van der Waals surface area contributed by atoms with Crippen LogP contribution in [0.1, 0.15) is 32.7 Å². The molecule has 37 heavy (non-hydrogen) atoms. The molecular weight excluding hydrogens is 485 g/mol. The SMILES string of the molecule is COc1cccc(C=Nc2sc3c(c2C#N)CCN(Cc2ccccc2)C3)c1OCc1ccccc1F. The topological polar surface area (TPSA) is 57.8 Å². The number of hydrogen-bond donors (Lipinski definition) is 0. The van der Waals surface area contributed by atoms with Crippen molar-refractivity contribution >= 4 is 22.6 Å². The molecule has 0 saturated heterocycles. The van der Waals surface area contributed by atoms with Crippen molar-refractivity contribution in [2.24, 2.45) is 4.99 Å². The highest BCUT2D eigenvalue weighted by atomic mass is 32.1. The molecule has 5 nitrogen and oxygen atoms in total. The van der Waals surface area contributed by atoms with Gasteiger partial charge in [0, 0.05) is 41.9 Å². The smallest absolute Gasteiger partial charge is 0.170 e. The summed E-state index contributed by atoms with van der Waals surface area (Å²) in [6.45, 7) is 2.64. The van der Waals surface area contributed by atoms with Crippen LogP contribution in [0.2, 0.25) is 0 Å². The average Bonchev–Trinajstić information content (AvgIpc) is 3.28. The van der Waals surface area contributed by atoms with E-state index in [-0.39, 0.29) is 12.4 Å². The number of fused-ring (bicyclic) bond motifs is 1. The van der Waals surface area contributed by atoms with E-state index in [4.69, 9.17) is 14.5 Å². The molecule has 0 N–H and O–H groups in total. The first kappa shape index (κ1) is 24.7. The Hall–Kier alpha value is -3.99. The minimum Gasteiger partial charge on any atom is -0.493 e. The third kappa shape index (κ3) is 5.56. The molecule has 1 aliphatic rings. The Kier molecular flexibility index (Phi) is 7.59. The minimum atomic E-state index is -0.322. The van der Waals surface area contributed by atoms with Gasteiger partial charge in [0.25, 0.3) is 0 Å². The first-order valence-corrected chi connectivity index (χ1v) is 12.9. The number of benzene rings is 3. The molecule has 4 aromatic rings. The number of hydrogen-bond acceptors (Lipinski definition) is 6. The molecule has 3 aromatic carbocycles. The van der Waals surface area contributed by atoms with Crippen molar-refractivity contribution in [2.45, 2.75) is 26.1 Å². The number of nitrogens with zero attached hydrogens (tertiary/aromatic N) is 3. The predicted octanol–water partition coefficient (Wildman–Crippen LogP) is 6.66. The van der Waals surface area contributed by atoms with Gasteiger partial charge < -0.3 is 9.47 Å². The summed E-state index contributed by atoms with van der Waals surface area (Å²) in [5.74, 6) is 0.686. The second-order valence-corrected chi connectivity index (χ2v) is 9.84. The van der Waals surface area contributed by atoms with Crippen molar-refractivity contribution in [1.82, 2.24) is 4.90 Å². The molecule has 2 heterocycles. The summed E-state index contributed by atoms with van der Waals surface area (Å²) >= 11 is 1.56. The Morgan fingerprint density at radius 2 is 1.89 bits per heavy atom. The number of para-hydroxylation sites is 1. The van der Waals surface area contributed by atoms with Crippen LogP contribution in [0.15, 0.2) is 77.8 Å². The zero-order chi connectivity index (χ0) is 25.6. The lowest BCUT2D eigenvalue weighted by Crippen LogP contribution is -2.29. The van der Waals surface area contributed by atoms with Gasteiger partial charge in [0.05, 0.1) is 12.7 Å². The molecule has 7 heteroatoms. The van der Waals surface area contributed by atoms with E-state index < -0.39 is 0 Å². The van der Waals surface area contributed by atoms with E-state index in [0.29, 0.717) is 33.2 Å². The summed E-state index contributed by atoms with van der Waals surface area (Å²) in [6.07, 6.45) is 2.52. The van der Waals surface area contributed by atoms with Gasteiger partial charge in [0.15, 0.2) is 11.5 Å². The normalized spacial score (nSPS) is 13.3. The molecule has 0 saturated carbocycles. The van der Waals surface area contributed by atoms with Gasteiger partial charge in [-0.15, -0.1) is 11.3 Å². The highest BCUT2D eigenvalue weighted by Crippen LogP contribution is 2.39. The standard InChI is InChI=1S/C30H26FN3O2S/c1-35-27-13-7-11-22(29(27)36-20-23-10-5-6-12-26(23)31)17-33-30-25(16-32)24-14-15-34(19-28(24)37-30)18-21-8-3-2-4-9-21/h2-13,17H,14-15,18-20H2,1H3. The van der Waals surface area contributed by atoms with Crippen molar-refractivity contribution in [3.05, 3.63) is 111 Å². The summed E-state index contributed by atoms with van der Waals surface area (Å²) in [5, 5.41) is 10.6. The van der Waals surface area contributed by atoms with Crippen molar-refractivity contribution in [1.29, 1.82) is 5.26 Å². The Labute approximate surface area is 220 Å². The number of aliphatic imine (C=N–C) groups is 1. The van der Waals surface area contributed by atoms with Crippen LogP contribution in [0.3, 0.4) is 0 Å². The summed E-state index contributed by atoms with van der Waals surface area (Å²) in [4.78, 5) is 8.30. The average molecular weight is 512 g/mol. The first-order valence-electron chi connectivity index (χ1n) is 12.0. The fraction of sp³-hybridized carbons (Fsp3) is 0.200. The Balaban J connectivity index is 1.38. The molecule has 1 aliphatic heterocycles. The molecular formula is C30H26FN3O2S. The number of methoxy groups -OCH3 is 1. The summed E-state index contributed by atoms with van der Waals surface area (Å²) < 4.78 is 25.6. The molecule has 0 aliphatic carbocycles. The van der Waals surface area contributed by atoms with E-state index in [1.807, 2.05) is 18.2 Å². The highest BCUT2D eigenvalue weighted by Gasteiger charge is 2.24. The van der Waals surface area contributed by atoms with Gasteiger partial charge in [-0.2, -0.15) is 5.26 Å². The van der Waals surface area contributed by atoms with Crippen LogP contribution >= 0.6 is 11.3 Å².